The number of hydrogen-bond donors (Lipinski definition) is 2. The number of nitrogens with zero attached hydrogens (tertiary/aromatic N) is 1. The van der Waals surface area contributed by atoms with E-state index in [1.54, 1.807) is 13.1 Å². The van der Waals surface area contributed by atoms with Crippen molar-refractivity contribution < 1.29 is 4.92 Å². The Morgan fingerprint density at radius 2 is 1.76 bits per heavy atom. The molecule has 0 aliphatic carbocycles. The van der Waals surface area contributed by atoms with Crippen LogP contribution in [0.2, 0.25) is 0 Å². The zero-order chi connectivity index (χ0) is 15.2. The van der Waals surface area contributed by atoms with Crippen LogP contribution < -0.4 is 10.6 Å². The second-order valence-electron chi connectivity index (χ2n) is 4.75. The third-order valence-electron chi connectivity index (χ3n) is 3.40. The Bertz CT molecular complexity index is 641. The van der Waals surface area contributed by atoms with Crippen LogP contribution in [0.1, 0.15) is 18.1 Å². The van der Waals surface area contributed by atoms with E-state index in [2.05, 4.69) is 29.7 Å². The summed E-state index contributed by atoms with van der Waals surface area (Å²) in [5.74, 6) is 0. The quantitative estimate of drug-likeness (QED) is 0.625. The Morgan fingerprint density at radius 3 is 2.38 bits per heavy atom. The van der Waals surface area contributed by atoms with Gasteiger partial charge in [0.15, 0.2) is 0 Å². The highest BCUT2D eigenvalue weighted by Crippen LogP contribution is 2.24. The average Bonchev–Trinajstić information content (AvgIpc) is 2.52. The van der Waals surface area contributed by atoms with E-state index in [0.29, 0.717) is 6.54 Å². The van der Waals surface area contributed by atoms with E-state index in [9.17, 15) is 10.1 Å². The number of non-ortho nitro benzene ring substituents is 1. The van der Waals surface area contributed by atoms with Crippen molar-refractivity contribution in [1.29, 1.82) is 0 Å². The smallest absolute Gasteiger partial charge is 0.273 e. The average molecular weight is 285 g/mol. The van der Waals surface area contributed by atoms with E-state index in [4.69, 9.17) is 0 Å². The molecule has 0 aliphatic rings. The lowest BCUT2D eigenvalue weighted by atomic mass is 10.1. The van der Waals surface area contributed by atoms with Crippen LogP contribution in [0.5, 0.6) is 0 Å². The van der Waals surface area contributed by atoms with Gasteiger partial charge in [0, 0.05) is 37.1 Å². The van der Waals surface area contributed by atoms with Crippen molar-refractivity contribution >= 4 is 17.1 Å². The van der Waals surface area contributed by atoms with Crippen LogP contribution >= 0.6 is 0 Å². The van der Waals surface area contributed by atoms with Crippen molar-refractivity contribution in [2.75, 3.05) is 17.7 Å². The Morgan fingerprint density at radius 1 is 1.10 bits per heavy atom. The molecule has 110 valence electrons. The van der Waals surface area contributed by atoms with Gasteiger partial charge >= 0.3 is 0 Å². The summed E-state index contributed by atoms with van der Waals surface area (Å²) < 4.78 is 0. The molecule has 0 unspecified atom stereocenters. The fourth-order valence-electron chi connectivity index (χ4n) is 2.24. The molecule has 0 heterocycles. The number of nitrogens with one attached hydrogen (secondary N) is 2. The van der Waals surface area contributed by atoms with Gasteiger partial charge in [0.05, 0.1) is 4.92 Å². The largest absolute Gasteiger partial charge is 0.388 e. The molecule has 0 aliphatic heterocycles. The molecule has 5 nitrogen and oxygen atoms in total. The number of hydrogen-bond acceptors (Lipinski definition) is 4. The minimum atomic E-state index is -0.383. The summed E-state index contributed by atoms with van der Waals surface area (Å²) in [6, 6.07) is 13.1. The Kier molecular flexibility index (Phi) is 4.77. The molecule has 0 fully saturated rings. The maximum atomic E-state index is 10.9. The fourth-order valence-corrected chi connectivity index (χ4v) is 2.24. The van der Waals surface area contributed by atoms with E-state index in [1.165, 1.54) is 17.2 Å². The Balaban J connectivity index is 2.19. The van der Waals surface area contributed by atoms with Gasteiger partial charge in [-0.3, -0.25) is 10.1 Å². The third-order valence-corrected chi connectivity index (χ3v) is 3.40. The summed E-state index contributed by atoms with van der Waals surface area (Å²) in [6.07, 6.45) is 0.967. The maximum Gasteiger partial charge on any atom is 0.273 e. The lowest BCUT2D eigenvalue weighted by molar-refractivity contribution is -0.384. The first-order chi connectivity index (χ1) is 10.1. The number of nitro groups is 1. The number of aryl methyl sites for hydroxylation is 1. The van der Waals surface area contributed by atoms with Crippen LogP contribution in [0.3, 0.4) is 0 Å². The van der Waals surface area contributed by atoms with Gasteiger partial charge in [0.2, 0.25) is 0 Å². The second kappa shape index (κ2) is 6.74. The van der Waals surface area contributed by atoms with Crippen LogP contribution in [-0.4, -0.2) is 12.0 Å². The van der Waals surface area contributed by atoms with Gasteiger partial charge < -0.3 is 10.6 Å². The van der Waals surface area contributed by atoms with E-state index >= 15 is 0 Å². The number of benzene rings is 2. The first-order valence-corrected chi connectivity index (χ1v) is 6.92. The Hall–Kier alpha value is -2.56. The van der Waals surface area contributed by atoms with Crippen LogP contribution in [-0.2, 0) is 13.0 Å². The van der Waals surface area contributed by atoms with E-state index < -0.39 is 0 Å². The molecule has 0 atom stereocenters. The standard InChI is InChI=1S/C16H19N3O2/c1-3-12-6-4-5-7-13(12)11-18-15-8-14(17-2)9-16(10-15)19(20)21/h4-10,17-18H,3,11H2,1-2H3. The Labute approximate surface area is 124 Å². The van der Waals surface area contributed by atoms with Gasteiger partial charge in [0.25, 0.3) is 5.69 Å². The molecule has 2 rings (SSSR count). The molecule has 0 saturated heterocycles. The van der Waals surface area contributed by atoms with E-state index in [0.717, 1.165) is 17.8 Å². The van der Waals surface area contributed by atoms with Crippen LogP contribution in [0.15, 0.2) is 42.5 Å². The van der Waals surface area contributed by atoms with Crippen LogP contribution in [0.4, 0.5) is 17.1 Å². The van der Waals surface area contributed by atoms with Crippen molar-refractivity contribution in [2.45, 2.75) is 19.9 Å². The molecule has 0 radical (unpaired) electrons. The molecular formula is C16H19N3O2. The van der Waals surface area contributed by atoms with Gasteiger partial charge in [-0.15, -0.1) is 0 Å². The second-order valence-corrected chi connectivity index (χ2v) is 4.75. The van der Waals surface area contributed by atoms with Gasteiger partial charge in [-0.1, -0.05) is 31.2 Å². The van der Waals surface area contributed by atoms with Crippen LogP contribution in [0.25, 0.3) is 0 Å². The first-order valence-electron chi connectivity index (χ1n) is 6.92. The normalized spacial score (nSPS) is 10.2. The van der Waals surface area contributed by atoms with Gasteiger partial charge in [0.1, 0.15) is 0 Å². The number of rotatable bonds is 6. The molecule has 2 aromatic rings. The summed E-state index contributed by atoms with van der Waals surface area (Å²) in [4.78, 5) is 10.6. The lowest BCUT2D eigenvalue weighted by Gasteiger charge is -2.11. The minimum absolute atomic E-state index is 0.0770. The molecule has 2 N–H and O–H groups in total. The van der Waals surface area contributed by atoms with Crippen molar-refractivity contribution in [3.63, 3.8) is 0 Å². The SMILES string of the molecule is CCc1ccccc1CNc1cc(NC)cc([N+](=O)[O-])c1. The predicted octanol–water partition coefficient (Wildman–Crippen LogP) is 3.81. The molecule has 5 heteroatoms. The summed E-state index contributed by atoms with van der Waals surface area (Å²) in [5, 5.41) is 17.1. The molecule has 21 heavy (non-hydrogen) atoms. The predicted molar refractivity (Wildman–Crippen MR) is 85.8 cm³/mol. The molecule has 0 amide bonds. The van der Waals surface area contributed by atoms with Crippen LogP contribution in [0, 0.1) is 10.1 Å². The number of anilines is 2. The summed E-state index contributed by atoms with van der Waals surface area (Å²) in [5.41, 5.74) is 4.02. The van der Waals surface area contributed by atoms with Gasteiger partial charge in [-0.2, -0.15) is 0 Å². The molecule has 0 aromatic heterocycles. The van der Waals surface area contributed by atoms with Gasteiger partial charge in [-0.25, -0.2) is 0 Å². The zero-order valence-electron chi connectivity index (χ0n) is 12.2. The fraction of sp³-hybridized carbons (Fsp3) is 0.250. The van der Waals surface area contributed by atoms with Crippen molar-refractivity contribution in [1.82, 2.24) is 0 Å². The third kappa shape index (κ3) is 3.72. The monoisotopic (exact) mass is 285 g/mol. The first kappa shape index (κ1) is 14.8. The highest BCUT2D eigenvalue weighted by molar-refractivity contribution is 5.63. The topological polar surface area (TPSA) is 67.2 Å². The molecule has 0 bridgehead atoms. The summed E-state index contributed by atoms with van der Waals surface area (Å²) in [7, 11) is 1.75. The van der Waals surface area contributed by atoms with Crippen molar-refractivity contribution in [2.24, 2.45) is 0 Å². The zero-order valence-corrected chi connectivity index (χ0v) is 12.2. The number of nitro benzene ring substituents is 1. The molecule has 2 aromatic carbocycles. The van der Waals surface area contributed by atoms with Gasteiger partial charge in [-0.05, 0) is 23.6 Å². The van der Waals surface area contributed by atoms with E-state index in [1.807, 2.05) is 18.2 Å². The highest BCUT2D eigenvalue weighted by Gasteiger charge is 2.09. The summed E-state index contributed by atoms with van der Waals surface area (Å²) >= 11 is 0. The maximum absolute atomic E-state index is 10.9. The van der Waals surface area contributed by atoms with Crippen molar-refractivity contribution in [3.05, 3.63) is 63.7 Å². The minimum Gasteiger partial charge on any atom is -0.388 e. The highest BCUT2D eigenvalue weighted by atomic mass is 16.6. The summed E-state index contributed by atoms with van der Waals surface area (Å²) in [6.45, 7) is 2.76. The lowest BCUT2D eigenvalue weighted by Crippen LogP contribution is -2.03. The molecule has 0 spiro atoms. The molecular weight excluding hydrogens is 266 g/mol. The molecule has 0 saturated carbocycles. The van der Waals surface area contributed by atoms with E-state index in [-0.39, 0.29) is 10.6 Å². The van der Waals surface area contributed by atoms with Crippen molar-refractivity contribution in [3.8, 4) is 0 Å².